The van der Waals surface area contributed by atoms with E-state index in [2.05, 4.69) is 4.74 Å². The topological polar surface area (TPSA) is 55.4 Å². The Morgan fingerprint density at radius 3 is 2.20 bits per heavy atom. The molecular formula is C6H11NO3. The molecule has 0 fully saturated rings. The molecule has 0 spiro atoms. The van der Waals surface area contributed by atoms with Crippen LogP contribution in [0, 0.1) is 5.92 Å². The molecule has 0 unspecified atom stereocenters. The van der Waals surface area contributed by atoms with Crippen molar-refractivity contribution in [3.05, 3.63) is 0 Å². The summed E-state index contributed by atoms with van der Waals surface area (Å²) >= 11 is 0. The largest absolute Gasteiger partial charge is 0.453 e. The first-order valence-corrected chi connectivity index (χ1v) is 2.96. The lowest BCUT2D eigenvalue weighted by molar-refractivity contribution is -0.123. The molecule has 0 saturated heterocycles. The lowest BCUT2D eigenvalue weighted by Gasteiger charge is -2.03. The highest BCUT2D eigenvalue weighted by Crippen LogP contribution is 1.89. The summed E-state index contributed by atoms with van der Waals surface area (Å²) < 4.78 is 4.20. The van der Waals surface area contributed by atoms with Crippen molar-refractivity contribution >= 4 is 12.0 Å². The molecule has 4 heteroatoms. The molecule has 0 saturated carbocycles. The second-order valence-corrected chi connectivity index (χ2v) is 2.14. The Morgan fingerprint density at radius 1 is 1.40 bits per heavy atom. The fourth-order valence-electron chi connectivity index (χ4n) is 0.296. The molecule has 0 radical (unpaired) electrons. The summed E-state index contributed by atoms with van der Waals surface area (Å²) in [6.45, 7) is 3.39. The minimum absolute atomic E-state index is 0.195. The minimum Gasteiger partial charge on any atom is -0.453 e. The maximum absolute atomic E-state index is 10.7. The third-order valence-corrected chi connectivity index (χ3v) is 0.935. The molecule has 0 rings (SSSR count). The Bertz CT molecular complexity index is 142. The molecule has 0 aliphatic heterocycles. The molecule has 0 aromatic rings. The van der Waals surface area contributed by atoms with Gasteiger partial charge in [-0.1, -0.05) is 13.8 Å². The maximum atomic E-state index is 10.7. The zero-order chi connectivity index (χ0) is 8.15. The van der Waals surface area contributed by atoms with Crippen molar-refractivity contribution < 1.29 is 14.3 Å². The first-order valence-electron chi connectivity index (χ1n) is 2.96. The maximum Gasteiger partial charge on any atom is 0.413 e. The number of alkyl carbamates (subject to hydrolysis) is 1. The Morgan fingerprint density at radius 2 is 1.90 bits per heavy atom. The average Bonchev–Trinajstić information content (AvgIpc) is 1.87. The van der Waals surface area contributed by atoms with E-state index in [9.17, 15) is 9.59 Å². The predicted octanol–water partition coefficient (Wildman–Crippen LogP) is 0.525. The lowest BCUT2D eigenvalue weighted by atomic mass is 10.2. The van der Waals surface area contributed by atoms with Gasteiger partial charge in [0.15, 0.2) is 0 Å². The van der Waals surface area contributed by atoms with Gasteiger partial charge in [-0.15, -0.1) is 0 Å². The van der Waals surface area contributed by atoms with Crippen molar-refractivity contribution in [1.82, 2.24) is 5.32 Å². The fourth-order valence-corrected chi connectivity index (χ4v) is 0.296. The number of carbonyl (C=O) groups excluding carboxylic acids is 2. The number of amides is 2. The summed E-state index contributed by atoms with van der Waals surface area (Å²) in [5, 5.41) is 2.03. The molecule has 10 heavy (non-hydrogen) atoms. The quantitative estimate of drug-likeness (QED) is 0.585. The van der Waals surface area contributed by atoms with Crippen LogP contribution >= 0.6 is 0 Å². The summed E-state index contributed by atoms with van der Waals surface area (Å²) in [7, 11) is 1.21. The van der Waals surface area contributed by atoms with Gasteiger partial charge in [0.05, 0.1) is 7.11 Å². The van der Waals surface area contributed by atoms with E-state index in [0.29, 0.717) is 0 Å². The number of hydrogen-bond donors (Lipinski definition) is 1. The number of carbonyl (C=O) groups is 2. The van der Waals surface area contributed by atoms with Crippen molar-refractivity contribution in [3.63, 3.8) is 0 Å². The molecule has 2 amide bonds. The number of nitrogens with one attached hydrogen (secondary N) is 1. The van der Waals surface area contributed by atoms with Gasteiger partial charge >= 0.3 is 6.09 Å². The van der Waals surface area contributed by atoms with E-state index < -0.39 is 6.09 Å². The Hall–Kier alpha value is -1.06. The summed E-state index contributed by atoms with van der Waals surface area (Å²) in [4.78, 5) is 21.1. The zero-order valence-electron chi connectivity index (χ0n) is 6.30. The monoisotopic (exact) mass is 145 g/mol. The zero-order valence-corrected chi connectivity index (χ0v) is 6.30. The minimum atomic E-state index is -0.710. The molecule has 1 N–H and O–H groups in total. The van der Waals surface area contributed by atoms with Gasteiger partial charge in [-0.3, -0.25) is 10.1 Å². The van der Waals surface area contributed by atoms with E-state index in [1.54, 1.807) is 13.8 Å². The first kappa shape index (κ1) is 8.94. The van der Waals surface area contributed by atoms with Crippen LogP contribution in [-0.4, -0.2) is 19.1 Å². The number of ether oxygens (including phenoxy) is 1. The van der Waals surface area contributed by atoms with Crippen LogP contribution in [0.3, 0.4) is 0 Å². The van der Waals surface area contributed by atoms with Crippen molar-refractivity contribution in [2.24, 2.45) is 5.92 Å². The van der Waals surface area contributed by atoms with Gasteiger partial charge < -0.3 is 4.74 Å². The van der Waals surface area contributed by atoms with E-state index in [1.165, 1.54) is 7.11 Å². The Kier molecular flexibility index (Phi) is 3.46. The number of hydrogen-bond acceptors (Lipinski definition) is 3. The van der Waals surface area contributed by atoms with Crippen LogP contribution in [0.2, 0.25) is 0 Å². The lowest BCUT2D eigenvalue weighted by Crippen LogP contribution is -2.33. The van der Waals surface area contributed by atoms with Gasteiger partial charge in [-0.25, -0.2) is 4.79 Å². The van der Waals surface area contributed by atoms with E-state index in [4.69, 9.17) is 0 Å². The smallest absolute Gasteiger partial charge is 0.413 e. The number of methoxy groups -OCH3 is 1. The van der Waals surface area contributed by atoms with Gasteiger partial charge in [0.2, 0.25) is 5.91 Å². The molecule has 0 aromatic carbocycles. The van der Waals surface area contributed by atoms with Crippen LogP contribution in [-0.2, 0) is 9.53 Å². The highest BCUT2D eigenvalue weighted by molar-refractivity contribution is 5.92. The van der Waals surface area contributed by atoms with Crippen LogP contribution < -0.4 is 5.32 Å². The SMILES string of the molecule is COC(=O)NC(=O)C(C)C. The second kappa shape index (κ2) is 3.87. The third kappa shape index (κ3) is 3.06. The summed E-state index contributed by atoms with van der Waals surface area (Å²) in [6, 6.07) is 0. The first-order chi connectivity index (χ1) is 4.57. The number of imide groups is 1. The fraction of sp³-hybridized carbons (Fsp3) is 0.667. The molecular weight excluding hydrogens is 134 g/mol. The van der Waals surface area contributed by atoms with Crippen LogP contribution in [0.5, 0.6) is 0 Å². The van der Waals surface area contributed by atoms with Crippen LogP contribution in [0.4, 0.5) is 4.79 Å². The normalized spacial score (nSPS) is 9.20. The highest BCUT2D eigenvalue weighted by Gasteiger charge is 2.09. The molecule has 0 heterocycles. The highest BCUT2D eigenvalue weighted by atomic mass is 16.5. The summed E-state index contributed by atoms with van der Waals surface area (Å²) in [5.74, 6) is -0.522. The van der Waals surface area contributed by atoms with Crippen LogP contribution in [0.15, 0.2) is 0 Å². The molecule has 0 atom stereocenters. The van der Waals surface area contributed by atoms with Gasteiger partial charge in [0, 0.05) is 5.92 Å². The summed E-state index contributed by atoms with van der Waals surface area (Å²) in [5.41, 5.74) is 0. The van der Waals surface area contributed by atoms with Crippen LogP contribution in [0.1, 0.15) is 13.8 Å². The molecule has 0 aliphatic rings. The van der Waals surface area contributed by atoms with Crippen molar-refractivity contribution in [2.75, 3.05) is 7.11 Å². The van der Waals surface area contributed by atoms with Crippen molar-refractivity contribution in [3.8, 4) is 0 Å². The standard InChI is InChI=1S/C6H11NO3/c1-4(2)5(8)7-6(9)10-3/h4H,1-3H3,(H,7,8,9). The Labute approximate surface area is 59.6 Å². The molecule has 0 aromatic heterocycles. The van der Waals surface area contributed by atoms with E-state index in [1.807, 2.05) is 5.32 Å². The van der Waals surface area contributed by atoms with Gasteiger partial charge in [0.1, 0.15) is 0 Å². The summed E-state index contributed by atoms with van der Waals surface area (Å²) in [6.07, 6.45) is -0.710. The Balaban J connectivity index is 3.69. The van der Waals surface area contributed by atoms with Gasteiger partial charge in [-0.05, 0) is 0 Å². The van der Waals surface area contributed by atoms with Gasteiger partial charge in [0.25, 0.3) is 0 Å². The van der Waals surface area contributed by atoms with Gasteiger partial charge in [-0.2, -0.15) is 0 Å². The van der Waals surface area contributed by atoms with Crippen molar-refractivity contribution in [1.29, 1.82) is 0 Å². The number of rotatable bonds is 1. The molecule has 58 valence electrons. The second-order valence-electron chi connectivity index (χ2n) is 2.14. The molecule has 0 aliphatic carbocycles. The van der Waals surface area contributed by atoms with E-state index >= 15 is 0 Å². The predicted molar refractivity (Wildman–Crippen MR) is 35.4 cm³/mol. The average molecular weight is 145 g/mol. The third-order valence-electron chi connectivity index (χ3n) is 0.935. The molecule has 0 bridgehead atoms. The van der Waals surface area contributed by atoms with Crippen molar-refractivity contribution in [2.45, 2.75) is 13.8 Å². The molecule has 4 nitrogen and oxygen atoms in total. The van der Waals surface area contributed by atoms with E-state index in [-0.39, 0.29) is 11.8 Å². The van der Waals surface area contributed by atoms with E-state index in [0.717, 1.165) is 0 Å². The van der Waals surface area contributed by atoms with Crippen LogP contribution in [0.25, 0.3) is 0 Å².